The molecule has 5 nitrogen and oxygen atoms in total. The summed E-state index contributed by atoms with van der Waals surface area (Å²) in [6.07, 6.45) is 0.663. The Morgan fingerprint density at radius 1 is 1.63 bits per heavy atom. The number of hydrogen-bond acceptors (Lipinski definition) is 4. The summed E-state index contributed by atoms with van der Waals surface area (Å²) in [5.74, 6) is -0.655. The van der Waals surface area contributed by atoms with Crippen molar-refractivity contribution in [3.8, 4) is 0 Å². The molecule has 0 saturated carbocycles. The first-order valence-corrected chi connectivity index (χ1v) is 6.66. The van der Waals surface area contributed by atoms with Crippen LogP contribution in [0.4, 0.5) is 15.8 Å². The van der Waals surface area contributed by atoms with Crippen LogP contribution in [0.2, 0.25) is 0 Å². The van der Waals surface area contributed by atoms with Gasteiger partial charge in [0.05, 0.1) is 27.1 Å². The fourth-order valence-corrected chi connectivity index (χ4v) is 2.44. The lowest BCUT2D eigenvalue weighted by atomic mass is 9.94. The molecule has 1 aromatic rings. The number of hydrogen-bond donors (Lipinski definition) is 1. The minimum Gasteiger partial charge on any atom is -0.376 e. The first-order chi connectivity index (χ1) is 8.83. The molecule has 1 N–H and O–H groups in total. The van der Waals surface area contributed by atoms with E-state index < -0.39 is 16.3 Å². The molecule has 1 aliphatic rings. The van der Waals surface area contributed by atoms with E-state index in [9.17, 15) is 14.5 Å². The van der Waals surface area contributed by atoms with Crippen LogP contribution in [0.3, 0.4) is 0 Å². The van der Waals surface area contributed by atoms with Gasteiger partial charge in [-0.25, -0.2) is 4.39 Å². The summed E-state index contributed by atoms with van der Waals surface area (Å²) >= 11 is 3.04. The smallest absolute Gasteiger partial charge is 0.295 e. The second-order valence-corrected chi connectivity index (χ2v) is 5.70. The normalized spacial score (nSPS) is 26.4. The lowest BCUT2D eigenvalue weighted by molar-refractivity contribution is -0.384. The van der Waals surface area contributed by atoms with Crippen LogP contribution in [0.15, 0.2) is 16.6 Å². The standard InChI is InChI=1S/C12H14BrFN2O3/c1-7-12(2,3-4-19-7)15-10-5-8(13)9(14)6-11(10)16(17)18/h5-7,15H,3-4H2,1-2H3. The zero-order valence-electron chi connectivity index (χ0n) is 10.6. The van der Waals surface area contributed by atoms with E-state index in [1.165, 1.54) is 6.07 Å². The first-order valence-electron chi connectivity index (χ1n) is 5.87. The van der Waals surface area contributed by atoms with Gasteiger partial charge in [-0.2, -0.15) is 0 Å². The van der Waals surface area contributed by atoms with Crippen molar-refractivity contribution in [2.24, 2.45) is 0 Å². The molecule has 0 bridgehead atoms. The van der Waals surface area contributed by atoms with Gasteiger partial charge in [-0.15, -0.1) is 0 Å². The Kier molecular flexibility index (Phi) is 3.78. The van der Waals surface area contributed by atoms with E-state index in [1.54, 1.807) is 0 Å². The molecule has 1 saturated heterocycles. The van der Waals surface area contributed by atoms with E-state index in [-0.39, 0.29) is 22.0 Å². The SMILES string of the molecule is CC1OCCC1(C)Nc1cc(Br)c(F)cc1[N+](=O)[O-]. The molecule has 1 fully saturated rings. The second kappa shape index (κ2) is 5.05. The van der Waals surface area contributed by atoms with Crippen molar-refractivity contribution in [1.82, 2.24) is 0 Å². The van der Waals surface area contributed by atoms with E-state index in [1.807, 2.05) is 13.8 Å². The third kappa shape index (κ3) is 2.71. The minimum absolute atomic E-state index is 0.0732. The van der Waals surface area contributed by atoms with E-state index in [0.717, 1.165) is 12.5 Å². The zero-order chi connectivity index (χ0) is 14.2. The van der Waals surface area contributed by atoms with Crippen LogP contribution in [-0.4, -0.2) is 23.2 Å². The molecule has 1 aromatic carbocycles. The highest BCUT2D eigenvalue weighted by atomic mass is 79.9. The van der Waals surface area contributed by atoms with Gasteiger partial charge in [0.2, 0.25) is 0 Å². The van der Waals surface area contributed by atoms with Gasteiger partial charge in [-0.05, 0) is 42.3 Å². The summed E-state index contributed by atoms with van der Waals surface area (Å²) < 4.78 is 19.1. The van der Waals surface area contributed by atoms with Crippen molar-refractivity contribution >= 4 is 27.3 Å². The monoisotopic (exact) mass is 332 g/mol. The van der Waals surface area contributed by atoms with Gasteiger partial charge in [0.15, 0.2) is 0 Å². The van der Waals surface area contributed by atoms with Crippen LogP contribution < -0.4 is 5.32 Å². The summed E-state index contributed by atoms with van der Waals surface area (Å²) in [4.78, 5) is 10.4. The molecule has 0 radical (unpaired) electrons. The van der Waals surface area contributed by atoms with E-state index >= 15 is 0 Å². The molecule has 104 valence electrons. The maximum Gasteiger partial charge on any atom is 0.295 e. The highest BCUT2D eigenvalue weighted by Crippen LogP contribution is 2.36. The van der Waals surface area contributed by atoms with Gasteiger partial charge in [-0.1, -0.05) is 0 Å². The quantitative estimate of drug-likeness (QED) is 0.679. The Balaban J connectivity index is 2.39. The number of rotatable bonds is 3. The molecular weight excluding hydrogens is 319 g/mol. The summed E-state index contributed by atoms with van der Waals surface area (Å²) in [5, 5.41) is 14.1. The third-order valence-corrected chi connectivity index (χ3v) is 4.15. The van der Waals surface area contributed by atoms with Gasteiger partial charge >= 0.3 is 0 Å². The van der Waals surface area contributed by atoms with Gasteiger partial charge in [-0.3, -0.25) is 10.1 Å². The van der Waals surface area contributed by atoms with Crippen LogP contribution in [-0.2, 0) is 4.74 Å². The number of nitrogens with one attached hydrogen (secondary N) is 1. The molecule has 1 aliphatic heterocycles. The molecular formula is C12H14BrFN2O3. The Bertz CT molecular complexity index is 526. The molecule has 2 rings (SSSR count). The van der Waals surface area contributed by atoms with Gasteiger partial charge < -0.3 is 10.1 Å². The Labute approximate surface area is 118 Å². The fraction of sp³-hybridized carbons (Fsp3) is 0.500. The lowest BCUT2D eigenvalue weighted by Gasteiger charge is -2.30. The highest BCUT2D eigenvalue weighted by molar-refractivity contribution is 9.10. The number of nitro benzene ring substituents is 1. The minimum atomic E-state index is -0.655. The summed E-state index contributed by atoms with van der Waals surface area (Å²) in [6, 6.07) is 2.31. The number of ether oxygens (including phenoxy) is 1. The Morgan fingerprint density at radius 3 is 2.84 bits per heavy atom. The van der Waals surface area contributed by atoms with E-state index in [0.29, 0.717) is 6.61 Å². The average molecular weight is 333 g/mol. The average Bonchev–Trinajstić information content (AvgIpc) is 2.63. The van der Waals surface area contributed by atoms with Crippen molar-refractivity contribution in [3.05, 3.63) is 32.5 Å². The van der Waals surface area contributed by atoms with Crippen molar-refractivity contribution < 1.29 is 14.1 Å². The highest BCUT2D eigenvalue weighted by Gasteiger charge is 2.38. The van der Waals surface area contributed by atoms with Gasteiger partial charge in [0, 0.05) is 6.61 Å². The molecule has 0 aliphatic carbocycles. The van der Waals surface area contributed by atoms with Crippen molar-refractivity contribution in [2.45, 2.75) is 31.9 Å². The zero-order valence-corrected chi connectivity index (χ0v) is 12.2. The van der Waals surface area contributed by atoms with Gasteiger partial charge in [0.25, 0.3) is 5.69 Å². The van der Waals surface area contributed by atoms with Crippen LogP contribution in [0, 0.1) is 15.9 Å². The van der Waals surface area contributed by atoms with Crippen LogP contribution in [0.1, 0.15) is 20.3 Å². The predicted octanol–water partition coefficient (Wildman–Crippen LogP) is 3.48. The van der Waals surface area contributed by atoms with Gasteiger partial charge in [0.1, 0.15) is 11.5 Å². The predicted molar refractivity (Wildman–Crippen MR) is 72.8 cm³/mol. The Hall–Kier alpha value is -1.21. The molecule has 0 spiro atoms. The van der Waals surface area contributed by atoms with Crippen molar-refractivity contribution in [1.29, 1.82) is 0 Å². The second-order valence-electron chi connectivity index (χ2n) is 4.85. The van der Waals surface area contributed by atoms with E-state index in [2.05, 4.69) is 21.2 Å². The molecule has 0 aromatic heterocycles. The van der Waals surface area contributed by atoms with Crippen LogP contribution >= 0.6 is 15.9 Å². The lowest BCUT2D eigenvalue weighted by Crippen LogP contribution is -2.41. The van der Waals surface area contributed by atoms with Crippen molar-refractivity contribution in [3.63, 3.8) is 0 Å². The molecule has 1 heterocycles. The number of halogens is 2. The maximum atomic E-state index is 13.4. The first kappa shape index (κ1) is 14.2. The van der Waals surface area contributed by atoms with Crippen molar-refractivity contribution in [2.75, 3.05) is 11.9 Å². The fourth-order valence-electron chi connectivity index (χ4n) is 2.09. The number of nitrogens with zero attached hydrogens (tertiary/aromatic N) is 1. The number of nitro groups is 1. The van der Waals surface area contributed by atoms with Crippen LogP contribution in [0.25, 0.3) is 0 Å². The number of anilines is 1. The van der Waals surface area contributed by atoms with E-state index in [4.69, 9.17) is 4.74 Å². The molecule has 7 heteroatoms. The molecule has 2 atom stereocenters. The molecule has 2 unspecified atom stereocenters. The largest absolute Gasteiger partial charge is 0.376 e. The molecule has 19 heavy (non-hydrogen) atoms. The molecule has 0 amide bonds. The topological polar surface area (TPSA) is 64.4 Å². The summed E-state index contributed by atoms with van der Waals surface area (Å²) in [6.45, 7) is 4.44. The Morgan fingerprint density at radius 2 is 2.32 bits per heavy atom. The summed E-state index contributed by atoms with van der Waals surface area (Å²) in [7, 11) is 0. The van der Waals surface area contributed by atoms with Crippen LogP contribution in [0.5, 0.6) is 0 Å². The summed E-state index contributed by atoms with van der Waals surface area (Å²) in [5.41, 5.74) is -0.388. The third-order valence-electron chi connectivity index (χ3n) is 3.54. The number of benzene rings is 1. The maximum absolute atomic E-state index is 13.4.